The van der Waals surface area contributed by atoms with E-state index in [4.69, 9.17) is 9.47 Å². The fourth-order valence-electron chi connectivity index (χ4n) is 3.79. The number of hydrogen-bond acceptors (Lipinski definition) is 6. The summed E-state index contributed by atoms with van der Waals surface area (Å²) in [7, 11) is -3.63. The molecule has 31 heavy (non-hydrogen) atoms. The molecule has 0 aromatic heterocycles. The second-order valence-electron chi connectivity index (χ2n) is 7.60. The monoisotopic (exact) mass is 462 g/mol. The highest BCUT2D eigenvalue weighted by Crippen LogP contribution is 2.39. The predicted molar refractivity (Wildman–Crippen MR) is 121 cm³/mol. The lowest BCUT2D eigenvalue weighted by molar-refractivity contribution is 0.102. The number of anilines is 1. The van der Waals surface area contributed by atoms with Crippen LogP contribution in [0.2, 0.25) is 0 Å². The van der Waals surface area contributed by atoms with Gasteiger partial charge in [-0.2, -0.15) is 4.31 Å². The SMILES string of the molecule is CSc1cc2c(cc1NC(=O)c1ccc(C)c(S(=O)(=O)N3CCCCC3)c1)OCCO2. The molecule has 1 saturated heterocycles. The molecule has 2 aromatic rings. The summed E-state index contributed by atoms with van der Waals surface area (Å²) in [5.74, 6) is 0.859. The van der Waals surface area contributed by atoms with Gasteiger partial charge in [0.2, 0.25) is 10.0 Å². The Kier molecular flexibility index (Phi) is 6.45. The van der Waals surface area contributed by atoms with Crippen molar-refractivity contribution in [1.29, 1.82) is 0 Å². The molecule has 9 heteroatoms. The molecule has 0 atom stereocenters. The summed E-state index contributed by atoms with van der Waals surface area (Å²) in [5.41, 5.74) is 1.53. The van der Waals surface area contributed by atoms with E-state index in [-0.39, 0.29) is 10.8 Å². The van der Waals surface area contributed by atoms with Gasteiger partial charge >= 0.3 is 0 Å². The van der Waals surface area contributed by atoms with Crippen molar-refractivity contribution < 1.29 is 22.7 Å². The molecule has 0 aliphatic carbocycles. The van der Waals surface area contributed by atoms with Crippen molar-refractivity contribution in [1.82, 2.24) is 4.31 Å². The molecule has 4 rings (SSSR count). The molecule has 0 radical (unpaired) electrons. The average Bonchev–Trinajstić information content (AvgIpc) is 2.79. The maximum atomic E-state index is 13.2. The first-order valence-electron chi connectivity index (χ1n) is 10.3. The zero-order valence-corrected chi connectivity index (χ0v) is 19.3. The topological polar surface area (TPSA) is 84.9 Å². The highest BCUT2D eigenvalue weighted by Gasteiger charge is 2.28. The number of thioether (sulfide) groups is 1. The van der Waals surface area contributed by atoms with Crippen LogP contribution in [0.4, 0.5) is 5.69 Å². The van der Waals surface area contributed by atoms with Crippen LogP contribution in [-0.4, -0.2) is 51.2 Å². The number of aryl methyl sites for hydroxylation is 1. The third-order valence-electron chi connectivity index (χ3n) is 5.50. The smallest absolute Gasteiger partial charge is 0.255 e. The summed E-state index contributed by atoms with van der Waals surface area (Å²) < 4.78 is 39.1. The number of piperidine rings is 1. The third-order valence-corrected chi connectivity index (χ3v) is 8.31. The third kappa shape index (κ3) is 4.53. The van der Waals surface area contributed by atoms with Gasteiger partial charge in [-0.05, 0) is 49.8 Å². The Labute approximate surface area is 187 Å². The Morgan fingerprint density at radius 3 is 2.39 bits per heavy atom. The maximum Gasteiger partial charge on any atom is 0.255 e. The molecule has 1 amide bonds. The molecule has 0 bridgehead atoms. The van der Waals surface area contributed by atoms with E-state index in [9.17, 15) is 13.2 Å². The number of fused-ring (bicyclic) bond motifs is 1. The molecule has 7 nitrogen and oxygen atoms in total. The first kappa shape index (κ1) is 22.0. The van der Waals surface area contributed by atoms with Gasteiger partial charge in [0.1, 0.15) is 13.2 Å². The van der Waals surface area contributed by atoms with E-state index in [0.29, 0.717) is 54.6 Å². The van der Waals surface area contributed by atoms with Crippen molar-refractivity contribution in [3.63, 3.8) is 0 Å². The van der Waals surface area contributed by atoms with Gasteiger partial charge in [-0.3, -0.25) is 4.79 Å². The van der Waals surface area contributed by atoms with Crippen molar-refractivity contribution >= 4 is 33.4 Å². The molecule has 1 N–H and O–H groups in total. The largest absolute Gasteiger partial charge is 0.486 e. The van der Waals surface area contributed by atoms with Crippen LogP contribution >= 0.6 is 11.8 Å². The Morgan fingerprint density at radius 1 is 1.03 bits per heavy atom. The fourth-order valence-corrected chi connectivity index (χ4v) is 6.12. The molecule has 2 aliphatic rings. The number of rotatable bonds is 5. The minimum Gasteiger partial charge on any atom is -0.486 e. The van der Waals surface area contributed by atoms with E-state index in [2.05, 4.69) is 5.32 Å². The van der Waals surface area contributed by atoms with Crippen LogP contribution in [-0.2, 0) is 10.0 Å². The molecule has 1 fully saturated rings. The van der Waals surface area contributed by atoms with Gasteiger partial charge in [0.05, 0.1) is 10.6 Å². The Morgan fingerprint density at radius 2 is 1.71 bits per heavy atom. The molecule has 0 spiro atoms. The minimum absolute atomic E-state index is 0.189. The normalized spacial score (nSPS) is 16.7. The molecule has 2 aromatic carbocycles. The second kappa shape index (κ2) is 9.10. The van der Waals surface area contributed by atoms with Crippen molar-refractivity contribution in [2.45, 2.75) is 36.0 Å². The molecule has 2 heterocycles. The van der Waals surface area contributed by atoms with Crippen molar-refractivity contribution in [2.75, 3.05) is 37.9 Å². The van der Waals surface area contributed by atoms with E-state index < -0.39 is 10.0 Å². The number of carbonyl (C=O) groups excluding carboxylic acids is 1. The van der Waals surface area contributed by atoms with Crippen molar-refractivity contribution in [3.05, 3.63) is 41.5 Å². The van der Waals surface area contributed by atoms with Gasteiger partial charge in [-0.15, -0.1) is 11.8 Å². The maximum absolute atomic E-state index is 13.2. The minimum atomic E-state index is -3.63. The highest BCUT2D eigenvalue weighted by atomic mass is 32.2. The molecular weight excluding hydrogens is 436 g/mol. The van der Waals surface area contributed by atoms with E-state index in [1.165, 1.54) is 22.1 Å². The van der Waals surface area contributed by atoms with Crippen molar-refractivity contribution in [3.8, 4) is 11.5 Å². The molecule has 166 valence electrons. The zero-order chi connectivity index (χ0) is 22.0. The van der Waals surface area contributed by atoms with Crippen LogP contribution in [0.5, 0.6) is 11.5 Å². The number of benzene rings is 2. The van der Waals surface area contributed by atoms with Crippen LogP contribution in [0.15, 0.2) is 40.1 Å². The quantitative estimate of drug-likeness (QED) is 0.678. The van der Waals surface area contributed by atoms with E-state index in [0.717, 1.165) is 24.2 Å². The summed E-state index contributed by atoms with van der Waals surface area (Å²) in [4.78, 5) is 14.0. The van der Waals surface area contributed by atoms with E-state index >= 15 is 0 Å². The first-order valence-corrected chi connectivity index (χ1v) is 13.0. The van der Waals surface area contributed by atoms with E-state index in [1.807, 2.05) is 12.3 Å². The summed E-state index contributed by atoms with van der Waals surface area (Å²) in [5, 5.41) is 2.90. The number of amides is 1. The molecule has 0 unspecified atom stereocenters. The van der Waals surface area contributed by atoms with Crippen LogP contribution in [0, 0.1) is 6.92 Å². The summed E-state index contributed by atoms with van der Waals surface area (Å²) in [6, 6.07) is 8.40. The fraction of sp³-hybridized carbons (Fsp3) is 0.409. The first-order chi connectivity index (χ1) is 14.9. The lowest BCUT2D eigenvalue weighted by atomic mass is 10.1. The number of nitrogens with one attached hydrogen (secondary N) is 1. The van der Waals surface area contributed by atoms with Gasteiger partial charge in [0.15, 0.2) is 11.5 Å². The Bertz CT molecular complexity index is 1100. The van der Waals surface area contributed by atoms with Crippen LogP contribution in [0.1, 0.15) is 35.2 Å². The average molecular weight is 463 g/mol. The summed E-state index contributed by atoms with van der Waals surface area (Å²) in [6.45, 7) is 3.74. The Balaban J connectivity index is 1.62. The number of ether oxygens (including phenoxy) is 2. The number of carbonyl (C=O) groups is 1. The lowest BCUT2D eigenvalue weighted by Crippen LogP contribution is -2.36. The predicted octanol–water partition coefficient (Wildman–Crippen LogP) is 3.92. The van der Waals surface area contributed by atoms with Gasteiger partial charge in [0.25, 0.3) is 5.91 Å². The number of hydrogen-bond donors (Lipinski definition) is 1. The Hall–Kier alpha value is -2.23. The number of nitrogens with zero attached hydrogens (tertiary/aromatic N) is 1. The number of sulfonamides is 1. The molecular formula is C22H26N2O5S2. The standard InChI is InChI=1S/C22H26N2O5S2/c1-15-6-7-16(12-21(15)31(26,27)24-8-4-3-5-9-24)22(25)23-17-13-18-19(14-20(17)30-2)29-11-10-28-18/h6-7,12-14H,3-5,8-11H2,1-2H3,(H,23,25). The summed E-state index contributed by atoms with van der Waals surface area (Å²) >= 11 is 1.48. The van der Waals surface area contributed by atoms with Crippen LogP contribution < -0.4 is 14.8 Å². The second-order valence-corrected chi connectivity index (χ2v) is 10.3. The summed E-state index contributed by atoms with van der Waals surface area (Å²) in [6.07, 6.45) is 4.68. The van der Waals surface area contributed by atoms with Crippen LogP contribution in [0.3, 0.4) is 0 Å². The van der Waals surface area contributed by atoms with Gasteiger partial charge < -0.3 is 14.8 Å². The molecule has 2 aliphatic heterocycles. The van der Waals surface area contributed by atoms with Crippen molar-refractivity contribution in [2.24, 2.45) is 0 Å². The molecule has 0 saturated carbocycles. The van der Waals surface area contributed by atoms with Crippen LogP contribution in [0.25, 0.3) is 0 Å². The van der Waals surface area contributed by atoms with E-state index in [1.54, 1.807) is 25.1 Å². The van der Waals surface area contributed by atoms with Gasteiger partial charge in [0, 0.05) is 29.6 Å². The highest BCUT2D eigenvalue weighted by molar-refractivity contribution is 7.98. The zero-order valence-electron chi connectivity index (χ0n) is 17.6. The van der Waals surface area contributed by atoms with Gasteiger partial charge in [-0.25, -0.2) is 8.42 Å². The van der Waals surface area contributed by atoms with Gasteiger partial charge in [-0.1, -0.05) is 12.5 Å². The lowest BCUT2D eigenvalue weighted by Gasteiger charge is -2.26.